The number of benzene rings is 1. The fourth-order valence-corrected chi connectivity index (χ4v) is 4.46. The first-order valence-corrected chi connectivity index (χ1v) is 11.1. The molecule has 1 saturated carbocycles. The molecule has 0 aliphatic heterocycles. The largest absolute Gasteiger partial charge is 0.347 e. The predicted molar refractivity (Wildman–Crippen MR) is 117 cm³/mol. The van der Waals surface area contributed by atoms with Gasteiger partial charge in [-0.2, -0.15) is 0 Å². The fourth-order valence-electron chi connectivity index (χ4n) is 3.62. The molecule has 0 spiro atoms. The van der Waals surface area contributed by atoms with Gasteiger partial charge in [-0.05, 0) is 42.0 Å². The minimum Gasteiger partial charge on any atom is -0.347 e. The summed E-state index contributed by atoms with van der Waals surface area (Å²) in [4.78, 5) is 3.80. The van der Waals surface area contributed by atoms with Crippen LogP contribution in [0.25, 0.3) is 22.2 Å². The highest BCUT2D eigenvalue weighted by Gasteiger charge is 2.24. The second-order valence-corrected chi connectivity index (χ2v) is 10.4. The normalized spacial score (nSPS) is 14.7. The molecule has 1 N–H and O–H groups in total. The van der Waals surface area contributed by atoms with Crippen LogP contribution in [0.4, 0.5) is 17.6 Å². The van der Waals surface area contributed by atoms with E-state index in [0.717, 1.165) is 28.7 Å². The van der Waals surface area contributed by atoms with Gasteiger partial charge in [-0.15, -0.1) is 0 Å². The molecule has 8 heteroatoms. The fraction of sp³-hybridized carbons (Fsp3) is 0.435. The molecular weight excluding hydrogens is 426 g/mol. The third-order valence-electron chi connectivity index (χ3n) is 5.11. The van der Waals surface area contributed by atoms with Gasteiger partial charge in [-0.3, -0.25) is 9.71 Å². The molecule has 4 rings (SSSR count). The first kappa shape index (κ1) is 22.1. The van der Waals surface area contributed by atoms with Crippen LogP contribution in [0.15, 0.2) is 30.6 Å². The maximum atomic E-state index is 15.1. The van der Waals surface area contributed by atoms with E-state index in [9.17, 15) is 13.2 Å². The van der Waals surface area contributed by atoms with Crippen molar-refractivity contribution < 1.29 is 17.6 Å². The molecule has 1 aliphatic carbocycles. The molecule has 1 aliphatic rings. The molecule has 31 heavy (non-hydrogen) atoms. The summed E-state index contributed by atoms with van der Waals surface area (Å²) in [6.45, 7) is 7.54. The number of pyridine rings is 1. The summed E-state index contributed by atoms with van der Waals surface area (Å²) >= 11 is 1.70. The molecular formula is C23H25F4N3S. The van der Waals surface area contributed by atoms with Crippen LogP contribution in [-0.2, 0) is 13.1 Å². The van der Waals surface area contributed by atoms with Crippen LogP contribution in [0.3, 0.4) is 0 Å². The van der Waals surface area contributed by atoms with Crippen molar-refractivity contribution in [2.75, 3.05) is 0 Å². The summed E-state index contributed by atoms with van der Waals surface area (Å²) < 4.78 is 61.0. The van der Waals surface area contributed by atoms with Gasteiger partial charge in [-0.1, -0.05) is 32.7 Å². The average molecular weight is 452 g/mol. The lowest BCUT2D eigenvalue weighted by atomic mass is 9.96. The standard InChI is InChI=1S/C23H25F4N3S/c1-23(2,3)12-30-11-13(9-29-31-15-4-5-15)16-7-19(25)17(8-20(16)30)21-18(22(26)27)6-14(24)10-28-21/h6-8,10-11,15,22,29H,4-5,9,12H2,1-3H3. The molecule has 2 heterocycles. The molecule has 0 radical (unpaired) electrons. The summed E-state index contributed by atoms with van der Waals surface area (Å²) in [5.74, 6) is -1.53. The molecule has 0 unspecified atom stereocenters. The molecule has 3 aromatic rings. The van der Waals surface area contributed by atoms with Crippen LogP contribution < -0.4 is 4.72 Å². The number of halogens is 4. The Bertz CT molecular complexity index is 1100. The van der Waals surface area contributed by atoms with E-state index >= 15 is 4.39 Å². The number of hydrogen-bond donors (Lipinski definition) is 1. The Kier molecular flexibility index (Phi) is 6.05. The summed E-state index contributed by atoms with van der Waals surface area (Å²) in [6, 6.07) is 3.65. The van der Waals surface area contributed by atoms with E-state index in [2.05, 4.69) is 30.5 Å². The molecule has 1 fully saturated rings. The lowest BCUT2D eigenvalue weighted by molar-refractivity contribution is 0.151. The van der Waals surface area contributed by atoms with Crippen LogP contribution in [0, 0.1) is 17.0 Å². The van der Waals surface area contributed by atoms with Crippen molar-refractivity contribution in [3.8, 4) is 11.3 Å². The van der Waals surface area contributed by atoms with Crippen LogP contribution in [0.5, 0.6) is 0 Å². The molecule has 0 saturated heterocycles. The Morgan fingerprint density at radius 1 is 1.19 bits per heavy atom. The summed E-state index contributed by atoms with van der Waals surface area (Å²) in [5, 5.41) is 1.37. The number of alkyl halides is 2. The number of fused-ring (bicyclic) bond motifs is 1. The smallest absolute Gasteiger partial charge is 0.266 e. The predicted octanol–water partition coefficient (Wildman–Crippen LogP) is 6.87. The molecule has 0 amide bonds. The molecule has 0 atom stereocenters. The van der Waals surface area contributed by atoms with Crippen molar-refractivity contribution in [1.29, 1.82) is 0 Å². The Labute approximate surface area is 183 Å². The first-order valence-electron chi connectivity index (χ1n) is 10.3. The summed E-state index contributed by atoms with van der Waals surface area (Å²) in [7, 11) is 0. The lowest BCUT2D eigenvalue weighted by Gasteiger charge is -2.20. The maximum Gasteiger partial charge on any atom is 0.266 e. The minimum absolute atomic E-state index is 0.0454. The number of hydrogen-bond acceptors (Lipinski definition) is 3. The Hall–Kier alpha value is -2.06. The quantitative estimate of drug-likeness (QED) is 0.314. The molecule has 166 valence electrons. The second-order valence-electron chi connectivity index (χ2n) is 9.22. The highest BCUT2D eigenvalue weighted by molar-refractivity contribution is 7.98. The number of nitrogens with one attached hydrogen (secondary N) is 1. The minimum atomic E-state index is -2.96. The van der Waals surface area contributed by atoms with E-state index in [4.69, 9.17) is 0 Å². The van der Waals surface area contributed by atoms with Gasteiger partial charge in [0, 0.05) is 46.6 Å². The highest BCUT2D eigenvalue weighted by atomic mass is 32.2. The zero-order valence-corrected chi connectivity index (χ0v) is 18.5. The maximum absolute atomic E-state index is 15.1. The van der Waals surface area contributed by atoms with Crippen LogP contribution >= 0.6 is 11.9 Å². The number of aromatic nitrogens is 2. The molecule has 2 aromatic heterocycles. The van der Waals surface area contributed by atoms with Crippen molar-refractivity contribution in [3.05, 3.63) is 53.4 Å². The van der Waals surface area contributed by atoms with Crippen molar-refractivity contribution in [2.24, 2.45) is 5.41 Å². The van der Waals surface area contributed by atoms with Crippen LogP contribution in [0.2, 0.25) is 0 Å². The third-order valence-corrected chi connectivity index (χ3v) is 6.22. The van der Waals surface area contributed by atoms with Gasteiger partial charge in [0.15, 0.2) is 0 Å². The van der Waals surface area contributed by atoms with Gasteiger partial charge in [0.2, 0.25) is 0 Å². The van der Waals surface area contributed by atoms with E-state index in [-0.39, 0.29) is 16.7 Å². The van der Waals surface area contributed by atoms with E-state index < -0.39 is 23.6 Å². The number of nitrogens with zero attached hydrogens (tertiary/aromatic N) is 2. The SMILES string of the molecule is CC(C)(C)Cn1cc(CNSC2CC2)c2cc(F)c(-c3ncc(F)cc3C(F)F)cc21. The van der Waals surface area contributed by atoms with Gasteiger partial charge in [0.1, 0.15) is 11.6 Å². The van der Waals surface area contributed by atoms with Crippen molar-refractivity contribution in [2.45, 2.75) is 58.4 Å². The number of rotatable bonds is 7. The van der Waals surface area contributed by atoms with Gasteiger partial charge in [0.05, 0.1) is 11.9 Å². The second kappa shape index (κ2) is 8.47. The van der Waals surface area contributed by atoms with E-state index in [1.54, 1.807) is 18.0 Å². The zero-order valence-electron chi connectivity index (χ0n) is 17.7. The monoisotopic (exact) mass is 451 g/mol. The Balaban J connectivity index is 1.81. The van der Waals surface area contributed by atoms with Gasteiger partial charge < -0.3 is 4.57 Å². The van der Waals surface area contributed by atoms with Gasteiger partial charge >= 0.3 is 0 Å². The van der Waals surface area contributed by atoms with Crippen LogP contribution in [-0.4, -0.2) is 14.8 Å². The van der Waals surface area contributed by atoms with Crippen molar-refractivity contribution in [3.63, 3.8) is 0 Å². The van der Waals surface area contributed by atoms with Gasteiger partial charge in [0.25, 0.3) is 6.43 Å². The van der Waals surface area contributed by atoms with E-state index in [1.807, 2.05) is 10.8 Å². The van der Waals surface area contributed by atoms with Crippen LogP contribution in [0.1, 0.15) is 51.2 Å². The molecule has 1 aromatic carbocycles. The highest BCUT2D eigenvalue weighted by Crippen LogP contribution is 2.36. The third kappa shape index (κ3) is 5.06. The first-order chi connectivity index (χ1) is 14.6. The average Bonchev–Trinajstić information content (AvgIpc) is 3.44. The molecule has 3 nitrogen and oxygen atoms in total. The lowest BCUT2D eigenvalue weighted by Crippen LogP contribution is -2.14. The van der Waals surface area contributed by atoms with Crippen molar-refractivity contribution >= 4 is 22.9 Å². The summed E-state index contributed by atoms with van der Waals surface area (Å²) in [6.07, 6.45) is 2.28. The van der Waals surface area contributed by atoms with Gasteiger partial charge in [-0.25, -0.2) is 17.6 Å². The molecule has 0 bridgehead atoms. The van der Waals surface area contributed by atoms with E-state index in [0.29, 0.717) is 18.3 Å². The van der Waals surface area contributed by atoms with E-state index in [1.165, 1.54) is 18.9 Å². The zero-order chi connectivity index (χ0) is 22.3. The Morgan fingerprint density at radius 3 is 2.58 bits per heavy atom. The topological polar surface area (TPSA) is 29.9 Å². The van der Waals surface area contributed by atoms with Crippen molar-refractivity contribution in [1.82, 2.24) is 14.3 Å². The summed E-state index contributed by atoms with van der Waals surface area (Å²) in [5.41, 5.74) is 0.738. The Morgan fingerprint density at radius 2 is 1.94 bits per heavy atom.